The van der Waals surface area contributed by atoms with Crippen molar-refractivity contribution in [1.82, 2.24) is 4.72 Å². The lowest BCUT2D eigenvalue weighted by Crippen LogP contribution is -2.34. The Bertz CT molecular complexity index is 480. The van der Waals surface area contributed by atoms with Crippen LogP contribution in [0.1, 0.15) is 43.6 Å². The first-order chi connectivity index (χ1) is 8.46. The minimum absolute atomic E-state index is 0.0363. The smallest absolute Gasteiger partial charge is 0.242 e. The molecule has 6 heteroatoms. The Hall–Kier alpha value is -0.430. The first-order valence-corrected chi connectivity index (χ1v) is 8.52. The second-order valence-corrected chi connectivity index (χ2v) is 6.96. The topological polar surface area (TPSA) is 66.4 Å². The van der Waals surface area contributed by atoms with Crippen LogP contribution < -0.4 is 4.72 Å². The molecule has 2 N–H and O–H groups in total. The predicted molar refractivity (Wildman–Crippen MR) is 74.3 cm³/mol. The summed E-state index contributed by atoms with van der Waals surface area (Å²) >= 11 is 1.28. The van der Waals surface area contributed by atoms with Gasteiger partial charge in [-0.3, -0.25) is 0 Å². The molecule has 0 aliphatic rings. The van der Waals surface area contributed by atoms with E-state index < -0.39 is 10.0 Å². The predicted octanol–water partition coefficient (Wildman–Crippen LogP) is 2.41. The largest absolute Gasteiger partial charge is 0.391 e. The molecule has 4 nitrogen and oxygen atoms in total. The van der Waals surface area contributed by atoms with Crippen LogP contribution in [0.2, 0.25) is 0 Å². The standard InChI is InChI=1S/C12H21NO3S2/c1-4-6-10(5-2)13-18(15,16)12-9(3)8-17-11(12)7-14/h8,10,13-14H,4-7H2,1-3H3. The summed E-state index contributed by atoms with van der Waals surface area (Å²) in [6, 6.07) is -0.0363. The van der Waals surface area contributed by atoms with Crippen LogP contribution in [0.4, 0.5) is 0 Å². The van der Waals surface area contributed by atoms with Crippen molar-refractivity contribution in [3.63, 3.8) is 0 Å². The number of hydrogen-bond donors (Lipinski definition) is 2. The van der Waals surface area contributed by atoms with E-state index in [9.17, 15) is 13.5 Å². The summed E-state index contributed by atoms with van der Waals surface area (Å²) < 4.78 is 27.4. The van der Waals surface area contributed by atoms with E-state index >= 15 is 0 Å². The van der Waals surface area contributed by atoms with Gasteiger partial charge in [-0.1, -0.05) is 20.3 Å². The van der Waals surface area contributed by atoms with Gasteiger partial charge in [0.05, 0.1) is 11.5 Å². The van der Waals surface area contributed by atoms with E-state index in [0.717, 1.165) is 19.3 Å². The van der Waals surface area contributed by atoms with Gasteiger partial charge in [0.15, 0.2) is 0 Å². The molecule has 0 fully saturated rings. The third-order valence-corrected chi connectivity index (χ3v) is 5.82. The van der Waals surface area contributed by atoms with Crippen LogP contribution in [0.3, 0.4) is 0 Å². The second kappa shape index (κ2) is 6.65. The Labute approximate surface area is 113 Å². The van der Waals surface area contributed by atoms with Gasteiger partial charge < -0.3 is 5.11 Å². The van der Waals surface area contributed by atoms with Crippen molar-refractivity contribution >= 4 is 21.4 Å². The van der Waals surface area contributed by atoms with Crippen LogP contribution in [-0.2, 0) is 16.6 Å². The van der Waals surface area contributed by atoms with Gasteiger partial charge in [0.1, 0.15) is 4.90 Å². The van der Waals surface area contributed by atoms with E-state index in [0.29, 0.717) is 10.4 Å². The molecule has 0 aromatic carbocycles. The molecule has 18 heavy (non-hydrogen) atoms. The molecule has 0 bridgehead atoms. The second-order valence-electron chi connectivity index (χ2n) is 4.34. The summed E-state index contributed by atoms with van der Waals surface area (Å²) in [6.45, 7) is 5.52. The molecule has 1 unspecified atom stereocenters. The highest BCUT2D eigenvalue weighted by Crippen LogP contribution is 2.27. The highest BCUT2D eigenvalue weighted by Gasteiger charge is 2.24. The van der Waals surface area contributed by atoms with E-state index in [-0.39, 0.29) is 17.5 Å². The van der Waals surface area contributed by atoms with Crippen LogP contribution in [0.15, 0.2) is 10.3 Å². The van der Waals surface area contributed by atoms with Crippen molar-refractivity contribution in [1.29, 1.82) is 0 Å². The maximum Gasteiger partial charge on any atom is 0.242 e. The van der Waals surface area contributed by atoms with Crippen molar-refractivity contribution in [3.8, 4) is 0 Å². The molecule has 0 saturated heterocycles. The van der Waals surface area contributed by atoms with Gasteiger partial charge in [-0.2, -0.15) is 0 Å². The van der Waals surface area contributed by atoms with Gasteiger partial charge in [0.25, 0.3) is 0 Å². The number of aliphatic hydroxyl groups excluding tert-OH is 1. The van der Waals surface area contributed by atoms with Gasteiger partial charge in [0, 0.05) is 6.04 Å². The molecular weight excluding hydrogens is 270 g/mol. The maximum absolute atomic E-state index is 12.3. The van der Waals surface area contributed by atoms with E-state index in [1.165, 1.54) is 11.3 Å². The SMILES string of the molecule is CCCC(CC)NS(=O)(=O)c1c(C)csc1CO. The summed E-state index contributed by atoms with van der Waals surface area (Å²) in [5, 5.41) is 11.0. The Morgan fingerprint density at radius 3 is 2.61 bits per heavy atom. The van der Waals surface area contributed by atoms with E-state index in [4.69, 9.17) is 0 Å². The van der Waals surface area contributed by atoms with Gasteiger partial charge in [-0.15, -0.1) is 11.3 Å². The zero-order valence-electron chi connectivity index (χ0n) is 11.1. The molecule has 0 spiro atoms. The van der Waals surface area contributed by atoms with Crippen LogP contribution in [-0.4, -0.2) is 19.6 Å². The number of aliphatic hydroxyl groups is 1. The minimum Gasteiger partial charge on any atom is -0.391 e. The number of sulfonamides is 1. The van der Waals surface area contributed by atoms with Gasteiger partial charge in [-0.05, 0) is 30.7 Å². The molecule has 104 valence electrons. The average Bonchev–Trinajstić information content (AvgIpc) is 2.70. The number of aryl methyl sites for hydroxylation is 1. The Morgan fingerprint density at radius 2 is 2.11 bits per heavy atom. The summed E-state index contributed by atoms with van der Waals surface area (Å²) in [5.41, 5.74) is 0.697. The van der Waals surface area contributed by atoms with Gasteiger partial charge in [0.2, 0.25) is 10.0 Å². The van der Waals surface area contributed by atoms with Crippen LogP contribution in [0.25, 0.3) is 0 Å². The third kappa shape index (κ3) is 3.54. The number of nitrogens with one attached hydrogen (secondary N) is 1. The normalized spacial score (nSPS) is 13.8. The van der Waals surface area contributed by atoms with E-state index in [1.54, 1.807) is 12.3 Å². The maximum atomic E-state index is 12.3. The van der Waals surface area contributed by atoms with Gasteiger partial charge in [-0.25, -0.2) is 13.1 Å². The Morgan fingerprint density at radius 1 is 1.44 bits per heavy atom. The Kier molecular flexibility index (Phi) is 5.78. The summed E-state index contributed by atoms with van der Waals surface area (Å²) in [5.74, 6) is 0. The van der Waals surface area contributed by atoms with E-state index in [2.05, 4.69) is 4.72 Å². The fraction of sp³-hybridized carbons (Fsp3) is 0.667. The fourth-order valence-electron chi connectivity index (χ4n) is 1.93. The number of rotatable bonds is 7. The summed E-state index contributed by atoms with van der Waals surface area (Å²) in [6.07, 6.45) is 2.54. The molecule has 0 aliphatic heterocycles. The Balaban J connectivity index is 3.02. The first-order valence-electron chi connectivity index (χ1n) is 6.16. The van der Waals surface area contributed by atoms with Crippen molar-refractivity contribution in [2.45, 2.75) is 57.6 Å². The monoisotopic (exact) mass is 291 g/mol. The number of hydrogen-bond acceptors (Lipinski definition) is 4. The molecule has 1 aromatic rings. The quantitative estimate of drug-likeness (QED) is 0.810. The van der Waals surface area contributed by atoms with Crippen molar-refractivity contribution in [3.05, 3.63) is 15.8 Å². The van der Waals surface area contributed by atoms with Crippen molar-refractivity contribution < 1.29 is 13.5 Å². The fourth-order valence-corrected chi connectivity index (χ4v) is 4.95. The van der Waals surface area contributed by atoms with Crippen molar-refractivity contribution in [2.24, 2.45) is 0 Å². The molecule has 0 radical (unpaired) electrons. The van der Waals surface area contributed by atoms with Crippen LogP contribution in [0.5, 0.6) is 0 Å². The van der Waals surface area contributed by atoms with Crippen molar-refractivity contribution in [2.75, 3.05) is 0 Å². The van der Waals surface area contributed by atoms with E-state index in [1.807, 2.05) is 13.8 Å². The molecule has 1 aromatic heterocycles. The lowest BCUT2D eigenvalue weighted by Gasteiger charge is -2.16. The summed E-state index contributed by atoms with van der Waals surface area (Å²) in [4.78, 5) is 0.760. The minimum atomic E-state index is -3.52. The molecule has 0 saturated carbocycles. The molecule has 1 atom stereocenters. The highest BCUT2D eigenvalue weighted by atomic mass is 32.2. The van der Waals surface area contributed by atoms with Gasteiger partial charge >= 0.3 is 0 Å². The highest BCUT2D eigenvalue weighted by molar-refractivity contribution is 7.89. The molecule has 1 heterocycles. The summed E-state index contributed by atoms with van der Waals surface area (Å²) in [7, 11) is -3.52. The molecular formula is C12H21NO3S2. The van der Waals surface area contributed by atoms with Crippen LogP contribution in [0, 0.1) is 6.92 Å². The average molecular weight is 291 g/mol. The number of thiophene rings is 1. The third-order valence-electron chi connectivity index (χ3n) is 2.85. The first kappa shape index (κ1) is 15.6. The van der Waals surface area contributed by atoms with Crippen LogP contribution >= 0.6 is 11.3 Å². The lowest BCUT2D eigenvalue weighted by atomic mass is 10.1. The zero-order chi connectivity index (χ0) is 13.8. The zero-order valence-corrected chi connectivity index (χ0v) is 12.7. The molecule has 0 aliphatic carbocycles. The molecule has 1 rings (SSSR count). The molecule has 0 amide bonds. The lowest BCUT2D eigenvalue weighted by molar-refractivity contribution is 0.282.